The zero-order valence-corrected chi connectivity index (χ0v) is 28.8. The lowest BCUT2D eigenvalue weighted by Gasteiger charge is -2.41. The van der Waals surface area contributed by atoms with Crippen LogP contribution >= 0.6 is 0 Å². The number of aliphatic hydroxyl groups is 1. The van der Waals surface area contributed by atoms with Gasteiger partial charge in [-0.3, -0.25) is 14.6 Å². The number of likely N-dealkylation sites (N-methyl/N-ethyl adjacent to an activating group) is 1. The fourth-order valence-electron chi connectivity index (χ4n) is 7.44. The van der Waals surface area contributed by atoms with E-state index in [4.69, 9.17) is 13.9 Å². The average molecular weight is 699 g/mol. The number of nitrogens with zero attached hydrogens (tertiary/aromatic N) is 6. The lowest BCUT2D eigenvalue weighted by molar-refractivity contribution is -0.127. The Kier molecular flexibility index (Phi) is 8.87. The molecule has 2 fully saturated rings. The first-order valence-corrected chi connectivity index (χ1v) is 17.8. The second-order valence-corrected chi connectivity index (χ2v) is 14.6. The van der Waals surface area contributed by atoms with Crippen LogP contribution in [0.3, 0.4) is 0 Å². The van der Waals surface area contributed by atoms with Crippen molar-refractivity contribution in [1.82, 2.24) is 19.7 Å². The van der Waals surface area contributed by atoms with Gasteiger partial charge in [0.05, 0.1) is 54.8 Å². The number of carbonyl (C=O) groups is 1. The molecule has 0 saturated carbocycles. The van der Waals surface area contributed by atoms with Crippen LogP contribution in [0.15, 0.2) is 82.4 Å². The number of rotatable bonds is 9. The number of hydrogen-bond acceptors (Lipinski definition) is 12. The second kappa shape index (κ2) is 13.2. The molecule has 3 atom stereocenters. The van der Waals surface area contributed by atoms with E-state index in [1.807, 2.05) is 12.1 Å². The maximum atomic E-state index is 15.5. The maximum absolute atomic E-state index is 15.5. The summed E-state index contributed by atoms with van der Waals surface area (Å²) in [6.07, 6.45) is 2.15. The molecule has 3 aromatic carbocycles. The third-order valence-corrected chi connectivity index (χ3v) is 11.6. The molecule has 50 heavy (non-hydrogen) atoms. The first kappa shape index (κ1) is 33.7. The van der Waals surface area contributed by atoms with Crippen LogP contribution in [0, 0.1) is 11.3 Å². The summed E-state index contributed by atoms with van der Waals surface area (Å²) in [6, 6.07) is 17.3. The van der Waals surface area contributed by atoms with Gasteiger partial charge in [-0.2, -0.15) is 5.26 Å². The van der Waals surface area contributed by atoms with E-state index < -0.39 is 33.6 Å². The number of methoxy groups -OCH3 is 2. The monoisotopic (exact) mass is 698 g/mol. The van der Waals surface area contributed by atoms with Gasteiger partial charge in [0, 0.05) is 50.4 Å². The van der Waals surface area contributed by atoms with Crippen LogP contribution in [0.25, 0.3) is 0 Å². The number of anilines is 1. The van der Waals surface area contributed by atoms with Crippen molar-refractivity contribution >= 4 is 21.6 Å². The quantitative estimate of drug-likeness (QED) is 0.273. The molecular weight excluding hydrogens is 660 g/mol. The van der Waals surface area contributed by atoms with Crippen molar-refractivity contribution in [1.29, 1.82) is 5.26 Å². The van der Waals surface area contributed by atoms with Gasteiger partial charge in [0.25, 0.3) is 15.9 Å². The Bertz CT molecular complexity index is 2040. The van der Waals surface area contributed by atoms with E-state index in [0.717, 1.165) is 36.0 Å². The molecule has 4 heterocycles. The molecule has 0 bridgehead atoms. The molecule has 13 nitrogen and oxygen atoms in total. The number of oxazole rings is 1. The molecule has 1 amide bonds. The minimum atomic E-state index is -4.53. The van der Waals surface area contributed by atoms with Gasteiger partial charge in [-0.1, -0.05) is 12.1 Å². The first-order chi connectivity index (χ1) is 24.1. The normalized spacial score (nSPS) is 23.2. The zero-order valence-electron chi connectivity index (χ0n) is 28.0. The smallest absolute Gasteiger partial charge is 0.271 e. The molecule has 0 aliphatic carbocycles. The standard InChI is InChI=1S/C36H38N6O7S/c1-39-13-15-40(16-14-39)22-25-4-10-29(33(19-25)48-3)36(41-23-26(43)20-32(41)34-38-12-17-49-34)30-18-24(21-37)5-11-31(30)42(35(36)44)50(45,46)28-8-6-27(47-2)7-9-28/h4-12,17-19,26,32,43H,13-16,20,22-23H2,1-3H3. The number of aliphatic hydroxyl groups excluding tert-OH is 1. The molecule has 7 rings (SSSR count). The minimum absolute atomic E-state index is 0.0301. The topological polar surface area (TPSA) is 153 Å². The third-order valence-electron chi connectivity index (χ3n) is 9.93. The molecule has 0 radical (unpaired) electrons. The molecular formula is C36H38N6O7S. The number of piperazine rings is 1. The van der Waals surface area contributed by atoms with E-state index in [1.165, 1.54) is 63.1 Å². The summed E-state index contributed by atoms with van der Waals surface area (Å²) >= 11 is 0. The number of ether oxygens (including phenoxy) is 2. The molecule has 1 aromatic heterocycles. The van der Waals surface area contributed by atoms with Crippen molar-refractivity contribution in [3.05, 3.63) is 101 Å². The predicted octanol–water partition coefficient (Wildman–Crippen LogP) is 3.10. The lowest BCUT2D eigenvalue weighted by Crippen LogP contribution is -2.55. The van der Waals surface area contributed by atoms with E-state index in [-0.39, 0.29) is 40.6 Å². The number of β-amino-alcohol motifs (C(OH)–C–C–N with tert-alkyl or cyclic N) is 1. The minimum Gasteiger partial charge on any atom is -0.497 e. The Labute approximate surface area is 290 Å². The van der Waals surface area contributed by atoms with Crippen molar-refractivity contribution in [3.63, 3.8) is 0 Å². The molecule has 0 spiro atoms. The molecule has 3 unspecified atom stereocenters. The summed E-state index contributed by atoms with van der Waals surface area (Å²) in [6.45, 7) is 4.31. The van der Waals surface area contributed by atoms with Gasteiger partial charge in [-0.05, 0) is 67.6 Å². The van der Waals surface area contributed by atoms with Crippen LogP contribution < -0.4 is 13.8 Å². The number of fused-ring (bicyclic) bond motifs is 1. The summed E-state index contributed by atoms with van der Waals surface area (Å²) in [7, 11) is 0.558. The van der Waals surface area contributed by atoms with Crippen LogP contribution in [0.4, 0.5) is 5.69 Å². The highest BCUT2D eigenvalue weighted by Gasteiger charge is 2.63. The van der Waals surface area contributed by atoms with E-state index in [0.29, 0.717) is 23.6 Å². The largest absolute Gasteiger partial charge is 0.497 e. The van der Waals surface area contributed by atoms with Crippen molar-refractivity contribution in [2.24, 2.45) is 0 Å². The number of amides is 1. The summed E-state index contributed by atoms with van der Waals surface area (Å²) in [5.74, 6) is 0.254. The van der Waals surface area contributed by atoms with Gasteiger partial charge in [0.1, 0.15) is 17.8 Å². The van der Waals surface area contributed by atoms with E-state index >= 15 is 4.79 Å². The van der Waals surface area contributed by atoms with Crippen LogP contribution in [-0.2, 0) is 26.9 Å². The summed E-state index contributed by atoms with van der Waals surface area (Å²) in [5.41, 5.74) is -0.00877. The lowest BCUT2D eigenvalue weighted by atomic mass is 9.80. The molecule has 3 aliphatic rings. The van der Waals surface area contributed by atoms with Gasteiger partial charge in [0.15, 0.2) is 5.54 Å². The van der Waals surface area contributed by atoms with Crippen molar-refractivity contribution in [2.45, 2.75) is 35.5 Å². The van der Waals surface area contributed by atoms with E-state index in [1.54, 1.807) is 17.0 Å². The fourth-order valence-corrected chi connectivity index (χ4v) is 8.90. The number of aromatic nitrogens is 1. The number of likely N-dealkylation sites (tertiary alicyclic amines) is 1. The number of benzene rings is 3. The Balaban J connectivity index is 1.46. The SMILES string of the molecule is COc1ccc(S(=O)(=O)N2C(=O)C(c3ccc(CN4CCN(C)CC4)cc3OC)(N3CC(O)CC3c3ncco3)c3cc(C#N)ccc32)cc1. The van der Waals surface area contributed by atoms with Gasteiger partial charge in [-0.25, -0.2) is 17.7 Å². The Morgan fingerprint density at radius 2 is 1.78 bits per heavy atom. The van der Waals surface area contributed by atoms with E-state index in [9.17, 15) is 18.8 Å². The summed E-state index contributed by atoms with van der Waals surface area (Å²) in [5, 5.41) is 21.2. The van der Waals surface area contributed by atoms with Crippen molar-refractivity contribution in [3.8, 4) is 17.6 Å². The highest BCUT2D eigenvalue weighted by atomic mass is 32.2. The number of nitriles is 1. The molecule has 260 valence electrons. The Morgan fingerprint density at radius 3 is 2.44 bits per heavy atom. The fraction of sp³-hybridized carbons (Fsp3) is 0.361. The molecule has 1 N–H and O–H groups in total. The first-order valence-electron chi connectivity index (χ1n) is 16.3. The molecule has 4 aromatic rings. The zero-order chi connectivity index (χ0) is 35.2. The van der Waals surface area contributed by atoms with Crippen molar-refractivity contribution < 1.29 is 32.2 Å². The van der Waals surface area contributed by atoms with Crippen LogP contribution in [-0.4, -0.2) is 99.2 Å². The highest BCUT2D eigenvalue weighted by molar-refractivity contribution is 7.93. The number of hydrogen-bond donors (Lipinski definition) is 1. The van der Waals surface area contributed by atoms with Gasteiger partial charge < -0.3 is 23.9 Å². The second-order valence-electron chi connectivity index (χ2n) is 12.8. The predicted molar refractivity (Wildman–Crippen MR) is 182 cm³/mol. The number of carbonyl (C=O) groups excluding carboxylic acids is 1. The van der Waals surface area contributed by atoms with Crippen LogP contribution in [0.5, 0.6) is 11.5 Å². The summed E-state index contributed by atoms with van der Waals surface area (Å²) < 4.78 is 47.0. The molecule has 3 aliphatic heterocycles. The van der Waals surface area contributed by atoms with Crippen LogP contribution in [0.1, 0.15) is 40.6 Å². The Hall–Kier alpha value is -4.78. The molecule has 2 saturated heterocycles. The average Bonchev–Trinajstić information content (AvgIpc) is 3.86. The van der Waals surface area contributed by atoms with Crippen LogP contribution in [0.2, 0.25) is 0 Å². The summed E-state index contributed by atoms with van der Waals surface area (Å²) in [4.78, 5) is 26.2. The maximum Gasteiger partial charge on any atom is 0.271 e. The molecule has 14 heteroatoms. The van der Waals surface area contributed by atoms with Crippen molar-refractivity contribution in [2.75, 3.05) is 58.3 Å². The van der Waals surface area contributed by atoms with Gasteiger partial charge in [-0.15, -0.1) is 0 Å². The van der Waals surface area contributed by atoms with E-state index in [2.05, 4.69) is 27.9 Å². The highest BCUT2D eigenvalue weighted by Crippen LogP contribution is 2.56. The van der Waals surface area contributed by atoms with Gasteiger partial charge >= 0.3 is 0 Å². The number of sulfonamides is 1. The van der Waals surface area contributed by atoms with Gasteiger partial charge in [0.2, 0.25) is 5.89 Å². The Morgan fingerprint density at radius 1 is 1.02 bits per heavy atom. The third kappa shape index (κ3) is 5.51.